The van der Waals surface area contributed by atoms with E-state index in [-0.39, 0.29) is 19.0 Å². The zero-order chi connectivity index (χ0) is 18.7. The third kappa shape index (κ3) is 3.85. The molecule has 1 unspecified atom stereocenters. The lowest BCUT2D eigenvalue weighted by Crippen LogP contribution is -2.36. The largest absolute Gasteiger partial charge is 0.480 e. The van der Waals surface area contributed by atoms with E-state index in [0.717, 1.165) is 4.68 Å². The molecule has 10 heteroatoms. The molecule has 2 aromatic rings. The van der Waals surface area contributed by atoms with Gasteiger partial charge < -0.3 is 15.3 Å². The molecule has 3 rings (SSSR count). The van der Waals surface area contributed by atoms with Crippen LogP contribution in [0.1, 0.15) is 12.1 Å². The number of aromatic nitrogens is 3. The first-order valence-corrected chi connectivity index (χ1v) is 7.89. The Morgan fingerprint density at radius 3 is 2.73 bits per heavy atom. The molecule has 1 aromatic heterocycles. The molecule has 0 bridgehead atoms. The molecule has 136 valence electrons. The summed E-state index contributed by atoms with van der Waals surface area (Å²) >= 11 is 0. The van der Waals surface area contributed by atoms with E-state index in [1.165, 1.54) is 35.4 Å². The fraction of sp³-hybridized carbons (Fsp3) is 0.312. The van der Waals surface area contributed by atoms with Crippen molar-refractivity contribution in [3.05, 3.63) is 42.0 Å². The highest BCUT2D eigenvalue weighted by Crippen LogP contribution is 2.25. The van der Waals surface area contributed by atoms with E-state index in [9.17, 15) is 18.8 Å². The van der Waals surface area contributed by atoms with E-state index < -0.39 is 23.6 Å². The molecule has 2 amide bonds. The third-order valence-electron chi connectivity index (χ3n) is 3.99. The van der Waals surface area contributed by atoms with Crippen LogP contribution in [0.5, 0.6) is 0 Å². The summed E-state index contributed by atoms with van der Waals surface area (Å²) < 4.78 is 14.1. The lowest BCUT2D eigenvalue weighted by atomic mass is 10.1. The Morgan fingerprint density at radius 1 is 1.31 bits per heavy atom. The number of benzene rings is 1. The Balaban J connectivity index is 1.57. The summed E-state index contributed by atoms with van der Waals surface area (Å²) in [6.07, 6.45) is 1.77. The Labute approximate surface area is 147 Å². The van der Waals surface area contributed by atoms with Gasteiger partial charge in [-0.15, -0.1) is 5.10 Å². The first kappa shape index (κ1) is 17.5. The van der Waals surface area contributed by atoms with Gasteiger partial charge in [0.05, 0.1) is 12.7 Å². The molecular formula is C16H16FN5O4. The average molecular weight is 361 g/mol. The first-order valence-electron chi connectivity index (χ1n) is 7.89. The van der Waals surface area contributed by atoms with Gasteiger partial charge in [0.25, 0.3) is 0 Å². The molecule has 0 radical (unpaired) electrons. The van der Waals surface area contributed by atoms with E-state index in [2.05, 4.69) is 15.6 Å². The predicted octanol–water partition coefficient (Wildman–Crippen LogP) is 0.171. The zero-order valence-corrected chi connectivity index (χ0v) is 13.6. The van der Waals surface area contributed by atoms with Gasteiger partial charge in [0.1, 0.15) is 24.0 Å². The molecule has 2 heterocycles. The summed E-state index contributed by atoms with van der Waals surface area (Å²) in [4.78, 5) is 36.8. The Morgan fingerprint density at radius 2 is 2.04 bits per heavy atom. The number of rotatable bonds is 6. The highest BCUT2D eigenvalue weighted by Gasteiger charge is 2.37. The number of nitrogens with one attached hydrogen (secondary N) is 1. The third-order valence-corrected chi connectivity index (χ3v) is 3.99. The quantitative estimate of drug-likeness (QED) is 0.709. The Hall–Kier alpha value is -3.30. The molecular weight excluding hydrogens is 345 g/mol. The van der Waals surface area contributed by atoms with Gasteiger partial charge >= 0.3 is 5.97 Å². The average Bonchev–Trinajstić information content (AvgIpc) is 3.19. The number of amides is 2. The van der Waals surface area contributed by atoms with Crippen LogP contribution in [-0.2, 0) is 27.5 Å². The number of carbonyl (C=O) groups is 3. The topological polar surface area (TPSA) is 117 Å². The lowest BCUT2D eigenvalue weighted by Gasteiger charge is -2.16. The fourth-order valence-electron chi connectivity index (χ4n) is 2.74. The number of halogens is 1. The summed E-state index contributed by atoms with van der Waals surface area (Å²) in [5, 5.41) is 18.7. The monoisotopic (exact) mass is 361 g/mol. The van der Waals surface area contributed by atoms with Gasteiger partial charge in [0.15, 0.2) is 0 Å². The van der Waals surface area contributed by atoms with Crippen molar-refractivity contribution in [2.45, 2.75) is 19.5 Å². The number of anilines is 1. The Bertz CT molecular complexity index is 835. The van der Waals surface area contributed by atoms with Crippen molar-refractivity contribution in [1.82, 2.24) is 20.3 Å². The number of carbonyl (C=O) groups excluding carboxylic acids is 2. The minimum atomic E-state index is -1.05. The van der Waals surface area contributed by atoms with Crippen molar-refractivity contribution in [2.24, 2.45) is 5.92 Å². The van der Waals surface area contributed by atoms with E-state index in [1.54, 1.807) is 0 Å². The molecule has 26 heavy (non-hydrogen) atoms. The molecule has 0 spiro atoms. The van der Waals surface area contributed by atoms with Crippen LogP contribution in [0.2, 0.25) is 0 Å². The maximum atomic E-state index is 13.0. The molecule has 1 aliphatic rings. The predicted molar refractivity (Wildman–Crippen MR) is 86.4 cm³/mol. The van der Waals surface area contributed by atoms with Crippen LogP contribution in [0.25, 0.3) is 0 Å². The van der Waals surface area contributed by atoms with Crippen LogP contribution < -0.4 is 10.2 Å². The summed E-state index contributed by atoms with van der Waals surface area (Å²) in [5.41, 5.74) is 0.934. The number of carboxylic acids is 1. The normalized spacial score (nSPS) is 16.7. The zero-order valence-electron chi connectivity index (χ0n) is 13.6. The fourth-order valence-corrected chi connectivity index (χ4v) is 2.74. The van der Waals surface area contributed by atoms with Gasteiger partial charge in [0, 0.05) is 12.2 Å². The van der Waals surface area contributed by atoms with Gasteiger partial charge in [-0.05, 0) is 30.7 Å². The van der Waals surface area contributed by atoms with Crippen molar-refractivity contribution in [1.29, 1.82) is 0 Å². The van der Waals surface area contributed by atoms with E-state index in [1.807, 2.05) is 0 Å². The van der Waals surface area contributed by atoms with Crippen LogP contribution in [0.15, 0.2) is 30.5 Å². The highest BCUT2D eigenvalue weighted by atomic mass is 19.1. The van der Waals surface area contributed by atoms with Gasteiger partial charge in [0.2, 0.25) is 11.8 Å². The van der Waals surface area contributed by atoms with Crippen LogP contribution in [0.3, 0.4) is 0 Å². The number of hydrogen-bond acceptors (Lipinski definition) is 5. The summed E-state index contributed by atoms with van der Waals surface area (Å²) in [7, 11) is 0. The van der Waals surface area contributed by atoms with Crippen molar-refractivity contribution in [3.63, 3.8) is 0 Å². The van der Waals surface area contributed by atoms with E-state index >= 15 is 0 Å². The minimum Gasteiger partial charge on any atom is -0.480 e. The van der Waals surface area contributed by atoms with E-state index in [4.69, 9.17) is 5.11 Å². The second kappa shape index (κ2) is 7.30. The standard InChI is InChI=1S/C16H16FN5O4/c17-10-1-3-12(4-2-10)22-6-5-13(16(22)26)15(25)18-7-11-8-21(20-19-11)9-14(23)24/h1-4,8,13H,5-7,9H2,(H,18,25)(H,23,24). The van der Waals surface area contributed by atoms with Crippen LogP contribution >= 0.6 is 0 Å². The summed E-state index contributed by atoms with van der Waals surface area (Å²) in [5.74, 6) is -3.06. The SMILES string of the molecule is O=C(O)Cn1cc(CNC(=O)C2CCN(c3ccc(F)cc3)C2=O)nn1. The lowest BCUT2D eigenvalue weighted by molar-refractivity contribution is -0.138. The maximum absolute atomic E-state index is 13.0. The number of hydrogen-bond donors (Lipinski definition) is 2. The minimum absolute atomic E-state index is 0.0405. The van der Waals surface area contributed by atoms with Crippen molar-refractivity contribution < 1.29 is 23.9 Å². The highest BCUT2D eigenvalue weighted by molar-refractivity contribution is 6.09. The summed E-state index contributed by atoms with van der Waals surface area (Å²) in [6, 6.07) is 5.51. The maximum Gasteiger partial charge on any atom is 0.325 e. The van der Waals surface area contributed by atoms with Crippen molar-refractivity contribution in [2.75, 3.05) is 11.4 Å². The van der Waals surface area contributed by atoms with Crippen molar-refractivity contribution >= 4 is 23.5 Å². The molecule has 1 aromatic carbocycles. The molecule has 1 aliphatic heterocycles. The molecule has 2 N–H and O–H groups in total. The molecule has 1 saturated heterocycles. The number of carboxylic acid groups (broad SMARTS) is 1. The number of aliphatic carboxylic acids is 1. The smallest absolute Gasteiger partial charge is 0.325 e. The second-order valence-corrected chi connectivity index (χ2v) is 5.83. The summed E-state index contributed by atoms with van der Waals surface area (Å²) in [6.45, 7) is 0.0881. The molecule has 1 atom stereocenters. The molecule has 0 saturated carbocycles. The van der Waals surface area contributed by atoms with Gasteiger partial charge in [-0.25, -0.2) is 9.07 Å². The first-order chi connectivity index (χ1) is 12.4. The number of nitrogens with zero attached hydrogens (tertiary/aromatic N) is 4. The van der Waals surface area contributed by atoms with Crippen molar-refractivity contribution in [3.8, 4) is 0 Å². The van der Waals surface area contributed by atoms with E-state index in [0.29, 0.717) is 24.3 Å². The van der Waals surface area contributed by atoms with Gasteiger partial charge in [-0.3, -0.25) is 14.4 Å². The Kier molecular flexibility index (Phi) is 4.92. The van der Waals surface area contributed by atoms with Gasteiger partial charge in [-0.2, -0.15) is 0 Å². The van der Waals surface area contributed by atoms with Crippen LogP contribution in [-0.4, -0.2) is 44.4 Å². The molecule has 0 aliphatic carbocycles. The molecule has 1 fully saturated rings. The van der Waals surface area contributed by atoms with Crippen LogP contribution in [0, 0.1) is 11.7 Å². The van der Waals surface area contributed by atoms with Crippen LogP contribution in [0.4, 0.5) is 10.1 Å². The second-order valence-electron chi connectivity index (χ2n) is 5.83. The van der Waals surface area contributed by atoms with Gasteiger partial charge in [-0.1, -0.05) is 5.21 Å². The molecule has 9 nitrogen and oxygen atoms in total.